The Bertz CT molecular complexity index is 480. The van der Waals surface area contributed by atoms with E-state index in [0.717, 1.165) is 22.9 Å². The largest absolute Gasteiger partial charge is 0.363 e. The third-order valence-corrected chi connectivity index (χ3v) is 2.24. The number of nitrogens with zero attached hydrogens (tertiary/aromatic N) is 4. The summed E-state index contributed by atoms with van der Waals surface area (Å²) in [5.41, 5.74) is 1.95. The van der Waals surface area contributed by atoms with Crippen LogP contribution < -0.4 is 4.90 Å². The standard InChI is InChI=1S/C12H14N4/c1-9-8-11(16(2)3)15-12(14-9)10-4-6-13-7-5-10/h4-8H,1-3H3. The molecule has 0 saturated heterocycles. The molecule has 0 saturated carbocycles. The van der Waals surface area contributed by atoms with E-state index in [1.807, 2.05) is 44.1 Å². The van der Waals surface area contributed by atoms with Crippen LogP contribution in [0.25, 0.3) is 11.4 Å². The molecule has 2 rings (SSSR count). The van der Waals surface area contributed by atoms with Crippen molar-refractivity contribution in [2.75, 3.05) is 19.0 Å². The van der Waals surface area contributed by atoms with Crippen molar-refractivity contribution in [3.05, 3.63) is 36.3 Å². The first-order valence-electron chi connectivity index (χ1n) is 5.10. The van der Waals surface area contributed by atoms with Crippen LogP contribution in [0.4, 0.5) is 5.82 Å². The number of pyridine rings is 1. The molecule has 16 heavy (non-hydrogen) atoms. The first-order valence-corrected chi connectivity index (χ1v) is 5.10. The highest BCUT2D eigenvalue weighted by Crippen LogP contribution is 2.17. The summed E-state index contributed by atoms with van der Waals surface area (Å²) in [7, 11) is 3.94. The van der Waals surface area contributed by atoms with E-state index >= 15 is 0 Å². The molecule has 4 nitrogen and oxygen atoms in total. The Morgan fingerprint density at radius 3 is 2.38 bits per heavy atom. The van der Waals surface area contributed by atoms with Gasteiger partial charge in [-0.15, -0.1) is 0 Å². The summed E-state index contributed by atoms with van der Waals surface area (Å²) in [4.78, 5) is 14.9. The summed E-state index contributed by atoms with van der Waals surface area (Å²) in [5, 5.41) is 0. The minimum atomic E-state index is 0.742. The molecule has 0 fully saturated rings. The van der Waals surface area contributed by atoms with E-state index in [0.29, 0.717) is 0 Å². The summed E-state index contributed by atoms with van der Waals surface area (Å²) >= 11 is 0. The Kier molecular flexibility index (Phi) is 2.81. The average Bonchev–Trinajstić information content (AvgIpc) is 2.29. The van der Waals surface area contributed by atoms with Crippen LogP contribution in [0, 0.1) is 6.92 Å². The van der Waals surface area contributed by atoms with Crippen LogP contribution in [0.1, 0.15) is 5.69 Å². The van der Waals surface area contributed by atoms with Crippen molar-refractivity contribution < 1.29 is 0 Å². The lowest BCUT2D eigenvalue weighted by molar-refractivity contribution is 1.02. The summed E-state index contributed by atoms with van der Waals surface area (Å²) in [6, 6.07) is 5.78. The predicted molar refractivity (Wildman–Crippen MR) is 64.3 cm³/mol. The van der Waals surface area contributed by atoms with E-state index in [1.165, 1.54) is 0 Å². The van der Waals surface area contributed by atoms with Gasteiger partial charge in [-0.1, -0.05) is 0 Å². The Balaban J connectivity index is 2.50. The van der Waals surface area contributed by atoms with Crippen LogP contribution in [-0.4, -0.2) is 29.0 Å². The molecule has 0 aliphatic rings. The van der Waals surface area contributed by atoms with Crippen molar-refractivity contribution >= 4 is 5.82 Å². The van der Waals surface area contributed by atoms with Gasteiger partial charge in [0, 0.05) is 43.8 Å². The fourth-order valence-corrected chi connectivity index (χ4v) is 1.41. The molecule has 0 N–H and O–H groups in total. The van der Waals surface area contributed by atoms with Gasteiger partial charge in [0.2, 0.25) is 0 Å². The van der Waals surface area contributed by atoms with Crippen LogP contribution in [0.2, 0.25) is 0 Å². The zero-order chi connectivity index (χ0) is 11.5. The summed E-state index contributed by atoms with van der Waals surface area (Å²) in [6.07, 6.45) is 3.49. The molecule has 2 heterocycles. The van der Waals surface area contributed by atoms with Gasteiger partial charge in [-0.25, -0.2) is 9.97 Å². The highest BCUT2D eigenvalue weighted by atomic mass is 15.1. The first kappa shape index (κ1) is 10.5. The van der Waals surface area contributed by atoms with Crippen molar-refractivity contribution in [1.82, 2.24) is 15.0 Å². The van der Waals surface area contributed by atoms with Gasteiger partial charge in [0.05, 0.1) is 0 Å². The maximum atomic E-state index is 4.49. The summed E-state index contributed by atoms with van der Waals surface area (Å²) < 4.78 is 0. The smallest absolute Gasteiger partial charge is 0.161 e. The molecule has 0 aromatic carbocycles. The Hall–Kier alpha value is -1.97. The number of anilines is 1. The van der Waals surface area contributed by atoms with Crippen molar-refractivity contribution in [3.63, 3.8) is 0 Å². The highest BCUT2D eigenvalue weighted by molar-refractivity contribution is 5.56. The SMILES string of the molecule is Cc1cc(N(C)C)nc(-c2ccncc2)n1. The van der Waals surface area contributed by atoms with Crippen LogP contribution in [0.15, 0.2) is 30.6 Å². The second-order valence-corrected chi connectivity index (χ2v) is 3.82. The molecule has 0 bridgehead atoms. The molecule has 0 radical (unpaired) electrons. The van der Waals surface area contributed by atoms with Gasteiger partial charge < -0.3 is 4.90 Å². The molecule has 82 valence electrons. The molecule has 0 amide bonds. The molecular weight excluding hydrogens is 200 g/mol. The number of aryl methyl sites for hydroxylation is 1. The summed E-state index contributed by atoms with van der Waals surface area (Å²) in [5.74, 6) is 1.66. The molecule has 4 heteroatoms. The van der Waals surface area contributed by atoms with Crippen LogP contribution in [0.5, 0.6) is 0 Å². The second-order valence-electron chi connectivity index (χ2n) is 3.82. The molecule has 0 unspecified atom stereocenters. The average molecular weight is 214 g/mol. The molecule has 0 aliphatic heterocycles. The van der Waals surface area contributed by atoms with Gasteiger partial charge in [0.1, 0.15) is 5.82 Å². The third-order valence-electron chi connectivity index (χ3n) is 2.24. The van der Waals surface area contributed by atoms with Gasteiger partial charge in [-0.2, -0.15) is 0 Å². The number of hydrogen-bond donors (Lipinski definition) is 0. The van der Waals surface area contributed by atoms with Gasteiger partial charge in [-0.05, 0) is 19.1 Å². The fraction of sp³-hybridized carbons (Fsp3) is 0.250. The van der Waals surface area contributed by atoms with Crippen molar-refractivity contribution in [1.29, 1.82) is 0 Å². The van der Waals surface area contributed by atoms with Gasteiger partial charge >= 0.3 is 0 Å². The quantitative estimate of drug-likeness (QED) is 0.765. The highest BCUT2D eigenvalue weighted by Gasteiger charge is 2.05. The lowest BCUT2D eigenvalue weighted by Gasteiger charge is -2.12. The maximum absolute atomic E-state index is 4.49. The Labute approximate surface area is 95.0 Å². The van der Waals surface area contributed by atoms with E-state index in [2.05, 4.69) is 15.0 Å². The van der Waals surface area contributed by atoms with Crippen molar-refractivity contribution in [2.45, 2.75) is 6.92 Å². The topological polar surface area (TPSA) is 41.9 Å². The molecule has 2 aromatic heterocycles. The van der Waals surface area contributed by atoms with E-state index in [1.54, 1.807) is 12.4 Å². The first-order chi connectivity index (χ1) is 7.66. The number of hydrogen-bond acceptors (Lipinski definition) is 4. The maximum Gasteiger partial charge on any atom is 0.161 e. The van der Waals surface area contributed by atoms with Crippen LogP contribution in [0.3, 0.4) is 0 Å². The molecule has 0 aliphatic carbocycles. The molecule has 0 atom stereocenters. The summed E-state index contributed by atoms with van der Waals surface area (Å²) in [6.45, 7) is 1.97. The zero-order valence-electron chi connectivity index (χ0n) is 9.68. The van der Waals surface area contributed by atoms with Gasteiger partial charge in [0.15, 0.2) is 5.82 Å². The van der Waals surface area contributed by atoms with E-state index < -0.39 is 0 Å². The predicted octanol–water partition coefficient (Wildman–Crippen LogP) is 1.91. The number of aromatic nitrogens is 3. The normalized spacial score (nSPS) is 10.2. The molecule has 2 aromatic rings. The Morgan fingerprint density at radius 1 is 1.06 bits per heavy atom. The van der Waals surface area contributed by atoms with E-state index in [-0.39, 0.29) is 0 Å². The molecular formula is C12H14N4. The van der Waals surface area contributed by atoms with Crippen LogP contribution >= 0.6 is 0 Å². The van der Waals surface area contributed by atoms with Gasteiger partial charge in [0.25, 0.3) is 0 Å². The minimum absolute atomic E-state index is 0.742. The monoisotopic (exact) mass is 214 g/mol. The molecule has 0 spiro atoms. The second kappa shape index (κ2) is 4.26. The zero-order valence-corrected chi connectivity index (χ0v) is 9.68. The number of rotatable bonds is 2. The lowest BCUT2D eigenvalue weighted by atomic mass is 10.2. The van der Waals surface area contributed by atoms with Gasteiger partial charge in [-0.3, -0.25) is 4.98 Å². The van der Waals surface area contributed by atoms with E-state index in [9.17, 15) is 0 Å². The van der Waals surface area contributed by atoms with Crippen LogP contribution in [-0.2, 0) is 0 Å². The fourth-order valence-electron chi connectivity index (χ4n) is 1.41. The minimum Gasteiger partial charge on any atom is -0.363 e. The van der Waals surface area contributed by atoms with E-state index in [4.69, 9.17) is 0 Å². The third kappa shape index (κ3) is 2.16. The van der Waals surface area contributed by atoms with Crippen molar-refractivity contribution in [2.24, 2.45) is 0 Å². The lowest BCUT2D eigenvalue weighted by Crippen LogP contribution is -2.12. The van der Waals surface area contributed by atoms with Crippen molar-refractivity contribution in [3.8, 4) is 11.4 Å². The Morgan fingerprint density at radius 2 is 1.75 bits per heavy atom.